The Kier molecular flexibility index (Phi) is 12.5. The Morgan fingerprint density at radius 2 is 1.10 bits per heavy atom. The lowest BCUT2D eigenvalue weighted by atomic mass is 10.1. The summed E-state index contributed by atoms with van der Waals surface area (Å²) in [6.45, 7) is 2.79. The van der Waals surface area contributed by atoms with Crippen LogP contribution in [0.2, 0.25) is 0 Å². The van der Waals surface area contributed by atoms with Crippen LogP contribution in [0.4, 0.5) is 0 Å². The van der Waals surface area contributed by atoms with Gasteiger partial charge in [0.2, 0.25) is 0 Å². The molecule has 5 heteroatoms. The first-order valence-electron chi connectivity index (χ1n) is 8.22. The monoisotopic (exact) mass is 306 g/mol. The lowest BCUT2D eigenvalue weighted by Gasteiger charge is -2.12. The molecule has 0 saturated carbocycles. The fraction of sp³-hybridized carbons (Fsp3) is 1.00. The van der Waals surface area contributed by atoms with E-state index in [1.807, 2.05) is 0 Å². The molecule has 0 aliphatic carbocycles. The molecule has 0 unspecified atom stereocenters. The van der Waals surface area contributed by atoms with E-state index in [1.165, 1.54) is 75.6 Å². The minimum Gasteiger partial charge on any atom is -0.216 e. The van der Waals surface area contributed by atoms with Crippen LogP contribution in [-0.2, 0) is 10.2 Å². The predicted octanol–water partition coefficient (Wildman–Crippen LogP) is 3.82. The maximum atomic E-state index is 11.0. The number of hydrogen-bond acceptors (Lipinski definition) is 2. The van der Waals surface area contributed by atoms with Crippen LogP contribution in [-0.4, -0.2) is 26.3 Å². The summed E-state index contributed by atoms with van der Waals surface area (Å²) < 4.78 is 23.2. The van der Waals surface area contributed by atoms with Crippen LogP contribution >= 0.6 is 0 Å². The minimum atomic E-state index is -3.48. The van der Waals surface area contributed by atoms with Gasteiger partial charge in [0, 0.05) is 13.6 Å². The van der Waals surface area contributed by atoms with Crippen molar-refractivity contribution in [3.63, 3.8) is 0 Å². The zero-order chi connectivity index (χ0) is 15.3. The number of unbranched alkanes of at least 4 members (excludes halogenated alkanes) is 11. The fourth-order valence-electron chi connectivity index (χ4n) is 2.30. The quantitative estimate of drug-likeness (QED) is 0.496. The molecule has 0 rings (SSSR count). The van der Waals surface area contributed by atoms with E-state index in [-0.39, 0.29) is 0 Å². The molecule has 0 aliphatic heterocycles. The molecule has 2 N–H and O–H groups in total. The number of nitrogens with two attached hydrogens (primary N) is 1. The molecule has 0 amide bonds. The SMILES string of the molecule is CCCCCCCCCCCCCCN(C)S(N)(=O)=O. The van der Waals surface area contributed by atoms with E-state index in [9.17, 15) is 8.42 Å². The molecule has 0 spiro atoms. The summed E-state index contributed by atoms with van der Waals surface area (Å²) in [6, 6.07) is 0. The third kappa shape index (κ3) is 12.9. The molecule has 0 aromatic carbocycles. The van der Waals surface area contributed by atoms with Gasteiger partial charge in [-0.2, -0.15) is 12.7 Å². The highest BCUT2D eigenvalue weighted by Gasteiger charge is 2.09. The third-order valence-corrected chi connectivity index (χ3v) is 4.81. The summed E-state index contributed by atoms with van der Waals surface area (Å²) >= 11 is 0. The van der Waals surface area contributed by atoms with Gasteiger partial charge in [-0.25, -0.2) is 5.14 Å². The molecule has 0 bridgehead atoms. The van der Waals surface area contributed by atoms with Crippen molar-refractivity contribution in [3.05, 3.63) is 0 Å². The van der Waals surface area contributed by atoms with Crippen LogP contribution in [0.15, 0.2) is 0 Å². The maximum Gasteiger partial charge on any atom is 0.276 e. The first kappa shape index (κ1) is 19.9. The summed E-state index contributed by atoms with van der Waals surface area (Å²) in [6.07, 6.45) is 15.4. The normalized spacial score (nSPS) is 12.2. The smallest absolute Gasteiger partial charge is 0.216 e. The van der Waals surface area contributed by atoms with E-state index in [4.69, 9.17) is 5.14 Å². The minimum absolute atomic E-state index is 0.538. The molecule has 0 atom stereocenters. The summed E-state index contributed by atoms with van der Waals surface area (Å²) in [4.78, 5) is 0. The van der Waals surface area contributed by atoms with Crippen molar-refractivity contribution in [2.45, 2.75) is 84.0 Å². The van der Waals surface area contributed by atoms with Gasteiger partial charge in [-0.1, -0.05) is 77.6 Å². The van der Waals surface area contributed by atoms with Crippen LogP contribution in [0, 0.1) is 0 Å². The van der Waals surface area contributed by atoms with Gasteiger partial charge >= 0.3 is 0 Å². The average molecular weight is 307 g/mol. The fourth-order valence-corrected chi connectivity index (χ4v) is 2.69. The molecule has 0 aromatic heterocycles. The average Bonchev–Trinajstić information content (AvgIpc) is 2.38. The van der Waals surface area contributed by atoms with Crippen LogP contribution < -0.4 is 5.14 Å². The maximum absolute atomic E-state index is 11.0. The Morgan fingerprint density at radius 3 is 1.45 bits per heavy atom. The van der Waals surface area contributed by atoms with E-state index < -0.39 is 10.2 Å². The van der Waals surface area contributed by atoms with Gasteiger partial charge in [-0.05, 0) is 6.42 Å². The highest BCUT2D eigenvalue weighted by molar-refractivity contribution is 7.86. The number of rotatable bonds is 14. The van der Waals surface area contributed by atoms with Crippen molar-refractivity contribution >= 4 is 10.2 Å². The first-order valence-corrected chi connectivity index (χ1v) is 9.73. The van der Waals surface area contributed by atoms with Gasteiger partial charge in [0.05, 0.1) is 0 Å². The lowest BCUT2D eigenvalue weighted by molar-refractivity contribution is 0.448. The standard InChI is InChI=1S/C15H34N2O2S/c1-3-4-5-6-7-8-9-10-11-12-13-14-15-17(2)20(16,18)19/h3-15H2,1-2H3,(H2,16,18,19). The van der Waals surface area contributed by atoms with Gasteiger partial charge < -0.3 is 0 Å². The van der Waals surface area contributed by atoms with E-state index in [1.54, 1.807) is 0 Å². The van der Waals surface area contributed by atoms with Crippen molar-refractivity contribution in [3.8, 4) is 0 Å². The molecular weight excluding hydrogens is 272 g/mol. The lowest BCUT2D eigenvalue weighted by Crippen LogP contribution is -2.33. The number of nitrogens with zero attached hydrogens (tertiary/aromatic N) is 1. The van der Waals surface area contributed by atoms with Crippen molar-refractivity contribution < 1.29 is 8.42 Å². The Hall–Kier alpha value is -0.130. The largest absolute Gasteiger partial charge is 0.276 e. The zero-order valence-electron chi connectivity index (χ0n) is 13.4. The molecule has 4 nitrogen and oxygen atoms in total. The van der Waals surface area contributed by atoms with Crippen LogP contribution in [0.1, 0.15) is 84.0 Å². The summed E-state index contributed by atoms with van der Waals surface area (Å²) in [5.41, 5.74) is 0. The summed E-state index contributed by atoms with van der Waals surface area (Å²) in [7, 11) is -1.95. The van der Waals surface area contributed by atoms with Gasteiger partial charge in [-0.3, -0.25) is 0 Å². The topological polar surface area (TPSA) is 63.4 Å². The Labute approximate surface area is 126 Å². The summed E-state index contributed by atoms with van der Waals surface area (Å²) in [5.74, 6) is 0. The van der Waals surface area contributed by atoms with Crippen molar-refractivity contribution in [2.75, 3.05) is 13.6 Å². The van der Waals surface area contributed by atoms with Gasteiger partial charge in [0.15, 0.2) is 0 Å². The molecule has 0 radical (unpaired) electrons. The second kappa shape index (κ2) is 12.6. The van der Waals surface area contributed by atoms with Crippen LogP contribution in [0.25, 0.3) is 0 Å². The molecular formula is C15H34N2O2S. The van der Waals surface area contributed by atoms with Gasteiger partial charge in [-0.15, -0.1) is 0 Å². The molecule has 0 aliphatic rings. The van der Waals surface area contributed by atoms with E-state index in [0.29, 0.717) is 6.54 Å². The summed E-state index contributed by atoms with van der Waals surface area (Å²) in [5, 5.41) is 5.02. The van der Waals surface area contributed by atoms with Gasteiger partial charge in [0.1, 0.15) is 0 Å². The Bertz CT molecular complexity index is 305. The van der Waals surface area contributed by atoms with E-state index >= 15 is 0 Å². The molecule has 20 heavy (non-hydrogen) atoms. The van der Waals surface area contributed by atoms with Crippen molar-refractivity contribution in [2.24, 2.45) is 5.14 Å². The van der Waals surface area contributed by atoms with E-state index in [0.717, 1.165) is 12.8 Å². The van der Waals surface area contributed by atoms with Crippen molar-refractivity contribution in [1.29, 1.82) is 0 Å². The van der Waals surface area contributed by atoms with Gasteiger partial charge in [0.25, 0.3) is 10.2 Å². The van der Waals surface area contributed by atoms with E-state index in [2.05, 4.69) is 6.92 Å². The second-order valence-electron chi connectivity index (χ2n) is 5.76. The van der Waals surface area contributed by atoms with Crippen LogP contribution in [0.3, 0.4) is 0 Å². The molecule has 122 valence electrons. The molecule has 0 aromatic rings. The predicted molar refractivity (Wildman–Crippen MR) is 86.8 cm³/mol. The second-order valence-corrected chi connectivity index (χ2v) is 7.41. The zero-order valence-corrected chi connectivity index (χ0v) is 14.3. The Balaban J connectivity index is 3.18. The first-order chi connectivity index (χ1) is 9.48. The molecule has 0 saturated heterocycles. The number of hydrogen-bond donors (Lipinski definition) is 1. The Morgan fingerprint density at radius 1 is 0.750 bits per heavy atom. The third-order valence-electron chi connectivity index (χ3n) is 3.76. The molecule has 0 fully saturated rings. The molecule has 0 heterocycles. The van der Waals surface area contributed by atoms with Crippen LogP contribution in [0.5, 0.6) is 0 Å². The van der Waals surface area contributed by atoms with Crippen molar-refractivity contribution in [1.82, 2.24) is 4.31 Å². The highest BCUT2D eigenvalue weighted by Crippen LogP contribution is 2.12. The highest BCUT2D eigenvalue weighted by atomic mass is 32.2.